The van der Waals surface area contributed by atoms with Crippen LogP contribution in [0.3, 0.4) is 0 Å². The van der Waals surface area contributed by atoms with Crippen molar-refractivity contribution in [1.82, 2.24) is 14.8 Å². The van der Waals surface area contributed by atoms with E-state index >= 15 is 0 Å². The molecule has 0 bridgehead atoms. The van der Waals surface area contributed by atoms with Gasteiger partial charge < -0.3 is 4.74 Å². The first-order chi connectivity index (χ1) is 19.2. The van der Waals surface area contributed by atoms with E-state index < -0.39 is 28.0 Å². The third-order valence-corrected chi connectivity index (χ3v) is 7.80. The molecule has 0 atom stereocenters. The number of nitrogens with zero attached hydrogens (tertiary/aromatic N) is 4. The van der Waals surface area contributed by atoms with Gasteiger partial charge in [-0.25, -0.2) is 22.8 Å². The summed E-state index contributed by atoms with van der Waals surface area (Å²) in [7, 11) is -2.65. The molecule has 3 aromatic carbocycles. The Balaban J connectivity index is 1.65. The molecule has 0 unspecified atom stereocenters. The Morgan fingerprint density at radius 1 is 1.02 bits per heavy atom. The standard InChI is InChI=1S/C29H29N5O5S/c1-4-19-39-25-17-15-23(16-18-25)20-30-31-27(35)21-33(40(37,38)26-13-9-6-10-14-26)28-22(2)32(3)34(29(28)36)24-11-7-5-8-12-24/h4-18,20H,1,19,21H2,2-3H3,(H,31,35)/b30-20-. The van der Waals surface area contributed by atoms with Crippen LogP contribution in [0, 0.1) is 6.92 Å². The van der Waals surface area contributed by atoms with E-state index in [1.165, 1.54) is 23.0 Å². The summed E-state index contributed by atoms with van der Waals surface area (Å²) in [5.41, 5.74) is 3.24. The number of para-hydroxylation sites is 1. The molecule has 11 heteroatoms. The number of rotatable bonds is 11. The molecule has 1 amide bonds. The van der Waals surface area contributed by atoms with E-state index in [0.29, 0.717) is 29.3 Å². The molecular weight excluding hydrogens is 530 g/mol. The minimum atomic E-state index is -4.30. The highest BCUT2D eigenvalue weighted by molar-refractivity contribution is 7.92. The predicted octanol–water partition coefficient (Wildman–Crippen LogP) is 3.39. The second-order valence-electron chi connectivity index (χ2n) is 8.70. The molecule has 0 aliphatic heterocycles. The number of hydrogen-bond donors (Lipinski definition) is 1. The fourth-order valence-corrected chi connectivity index (χ4v) is 5.49. The Bertz CT molecular complexity index is 1680. The summed E-state index contributed by atoms with van der Waals surface area (Å²) in [4.78, 5) is 26.6. The average molecular weight is 560 g/mol. The van der Waals surface area contributed by atoms with Gasteiger partial charge in [0.05, 0.1) is 22.5 Å². The van der Waals surface area contributed by atoms with E-state index in [1.54, 1.807) is 91.5 Å². The van der Waals surface area contributed by atoms with Gasteiger partial charge >= 0.3 is 0 Å². The Morgan fingerprint density at radius 2 is 1.65 bits per heavy atom. The van der Waals surface area contributed by atoms with E-state index in [9.17, 15) is 18.0 Å². The lowest BCUT2D eigenvalue weighted by Crippen LogP contribution is -2.42. The minimum Gasteiger partial charge on any atom is -0.490 e. The molecule has 0 aliphatic carbocycles. The van der Waals surface area contributed by atoms with Crippen LogP contribution in [0.2, 0.25) is 0 Å². The van der Waals surface area contributed by atoms with E-state index in [2.05, 4.69) is 17.1 Å². The van der Waals surface area contributed by atoms with Crippen molar-refractivity contribution in [3.63, 3.8) is 0 Å². The lowest BCUT2D eigenvalue weighted by Gasteiger charge is -2.22. The first-order valence-corrected chi connectivity index (χ1v) is 13.8. The number of sulfonamides is 1. The first-order valence-electron chi connectivity index (χ1n) is 12.3. The van der Waals surface area contributed by atoms with Crippen molar-refractivity contribution < 1.29 is 17.9 Å². The summed E-state index contributed by atoms with van der Waals surface area (Å²) in [5.74, 6) is -0.0714. The van der Waals surface area contributed by atoms with E-state index in [1.807, 2.05) is 6.07 Å². The molecule has 0 spiro atoms. The van der Waals surface area contributed by atoms with Gasteiger partial charge in [-0.05, 0) is 61.0 Å². The van der Waals surface area contributed by atoms with Crippen molar-refractivity contribution in [2.45, 2.75) is 11.8 Å². The van der Waals surface area contributed by atoms with Crippen molar-refractivity contribution in [3.05, 3.63) is 119 Å². The summed E-state index contributed by atoms with van der Waals surface area (Å²) in [6.45, 7) is 4.94. The number of nitrogens with one attached hydrogen (secondary N) is 1. The fraction of sp³-hybridized carbons (Fsp3) is 0.138. The number of carbonyl (C=O) groups is 1. The van der Waals surface area contributed by atoms with Crippen molar-refractivity contribution in [2.24, 2.45) is 12.1 Å². The van der Waals surface area contributed by atoms with Gasteiger partial charge in [0, 0.05) is 7.05 Å². The second-order valence-corrected chi connectivity index (χ2v) is 10.6. The molecule has 0 radical (unpaired) electrons. The summed E-state index contributed by atoms with van der Waals surface area (Å²) in [6.07, 6.45) is 3.06. The maximum atomic E-state index is 13.8. The molecule has 0 saturated carbocycles. The van der Waals surface area contributed by atoms with Gasteiger partial charge in [-0.1, -0.05) is 49.1 Å². The van der Waals surface area contributed by atoms with Crippen LogP contribution in [0.25, 0.3) is 5.69 Å². The van der Waals surface area contributed by atoms with Crippen LogP contribution in [0.1, 0.15) is 11.3 Å². The summed E-state index contributed by atoms with van der Waals surface area (Å²) < 4.78 is 36.7. The summed E-state index contributed by atoms with van der Waals surface area (Å²) in [5, 5.41) is 3.96. The van der Waals surface area contributed by atoms with E-state index in [0.717, 1.165) is 4.31 Å². The Morgan fingerprint density at radius 3 is 2.27 bits per heavy atom. The second kappa shape index (κ2) is 12.3. The molecule has 0 fully saturated rings. The molecule has 1 aromatic heterocycles. The van der Waals surface area contributed by atoms with Gasteiger partial charge in [-0.2, -0.15) is 5.10 Å². The van der Waals surface area contributed by atoms with Gasteiger partial charge in [0.1, 0.15) is 24.6 Å². The lowest BCUT2D eigenvalue weighted by molar-refractivity contribution is -0.119. The third kappa shape index (κ3) is 6.05. The average Bonchev–Trinajstić information content (AvgIpc) is 3.19. The molecule has 206 valence electrons. The van der Waals surface area contributed by atoms with Gasteiger partial charge in [0.15, 0.2) is 0 Å². The normalized spacial score (nSPS) is 11.3. The molecule has 1 N–H and O–H groups in total. The van der Waals surface area contributed by atoms with Crippen molar-refractivity contribution in [1.29, 1.82) is 0 Å². The van der Waals surface area contributed by atoms with Gasteiger partial charge in [-0.3, -0.25) is 14.3 Å². The van der Waals surface area contributed by atoms with Crippen LogP contribution >= 0.6 is 0 Å². The molecule has 40 heavy (non-hydrogen) atoms. The molecular formula is C29H29N5O5S. The maximum Gasteiger partial charge on any atom is 0.296 e. The number of carbonyl (C=O) groups excluding carboxylic acids is 1. The largest absolute Gasteiger partial charge is 0.490 e. The van der Waals surface area contributed by atoms with Crippen LogP contribution < -0.4 is 20.0 Å². The molecule has 0 saturated heterocycles. The van der Waals surface area contributed by atoms with E-state index in [4.69, 9.17) is 4.74 Å². The number of benzene rings is 3. The fourth-order valence-electron chi connectivity index (χ4n) is 4.00. The highest BCUT2D eigenvalue weighted by Crippen LogP contribution is 2.25. The quantitative estimate of drug-likeness (QED) is 0.172. The molecule has 1 heterocycles. The maximum absolute atomic E-state index is 13.8. The van der Waals surface area contributed by atoms with E-state index in [-0.39, 0.29) is 10.6 Å². The lowest BCUT2D eigenvalue weighted by atomic mass is 10.2. The zero-order valence-corrected chi connectivity index (χ0v) is 22.9. The third-order valence-electron chi connectivity index (χ3n) is 6.04. The number of hydrogen-bond acceptors (Lipinski definition) is 6. The number of aromatic nitrogens is 2. The zero-order chi connectivity index (χ0) is 28.7. The topological polar surface area (TPSA) is 115 Å². The molecule has 4 rings (SSSR count). The van der Waals surface area contributed by atoms with Crippen LogP contribution in [-0.4, -0.2) is 43.1 Å². The minimum absolute atomic E-state index is 0.0565. The van der Waals surface area contributed by atoms with Crippen molar-refractivity contribution in [2.75, 3.05) is 17.5 Å². The van der Waals surface area contributed by atoms with Crippen molar-refractivity contribution >= 4 is 27.8 Å². The number of amides is 1. The van der Waals surface area contributed by atoms with Gasteiger partial charge in [0.25, 0.3) is 21.5 Å². The van der Waals surface area contributed by atoms with Crippen LogP contribution in [0.15, 0.2) is 112 Å². The van der Waals surface area contributed by atoms with Crippen LogP contribution in [0.4, 0.5) is 5.69 Å². The smallest absolute Gasteiger partial charge is 0.296 e. The summed E-state index contributed by atoms with van der Waals surface area (Å²) in [6, 6.07) is 23.5. The monoisotopic (exact) mass is 559 g/mol. The van der Waals surface area contributed by atoms with Crippen LogP contribution in [-0.2, 0) is 21.9 Å². The van der Waals surface area contributed by atoms with Gasteiger partial charge in [-0.15, -0.1) is 0 Å². The molecule has 0 aliphatic rings. The Kier molecular flexibility index (Phi) is 8.65. The zero-order valence-electron chi connectivity index (χ0n) is 22.1. The first kappa shape index (κ1) is 28.1. The van der Waals surface area contributed by atoms with Crippen molar-refractivity contribution in [3.8, 4) is 11.4 Å². The number of ether oxygens (including phenoxy) is 1. The molecule has 4 aromatic rings. The number of anilines is 1. The SMILES string of the molecule is C=CCOc1ccc(/C=N\NC(=O)CN(c2c(C)n(C)n(-c3ccccc3)c2=O)S(=O)(=O)c2ccccc2)cc1. The molecule has 10 nitrogen and oxygen atoms in total. The number of hydrazone groups is 1. The van der Waals surface area contributed by atoms with Crippen LogP contribution in [0.5, 0.6) is 5.75 Å². The van der Waals surface area contributed by atoms with Gasteiger partial charge in [0.2, 0.25) is 0 Å². The highest BCUT2D eigenvalue weighted by atomic mass is 32.2. The predicted molar refractivity (Wildman–Crippen MR) is 155 cm³/mol. The highest BCUT2D eigenvalue weighted by Gasteiger charge is 2.33. The summed E-state index contributed by atoms with van der Waals surface area (Å²) >= 11 is 0. The Hall–Kier alpha value is -4.90. The Labute approximate surface area is 232 Å².